The van der Waals surface area contributed by atoms with E-state index in [1.807, 2.05) is 0 Å². The minimum Gasteiger partial charge on any atom is -0.366 e. The van der Waals surface area contributed by atoms with Gasteiger partial charge in [-0.15, -0.1) is 0 Å². The summed E-state index contributed by atoms with van der Waals surface area (Å²) in [6.07, 6.45) is 0. The normalized spacial score (nSPS) is 13.5. The maximum absolute atomic E-state index is 8.07. The predicted molar refractivity (Wildman–Crippen MR) is 29.0 cm³/mol. The maximum atomic E-state index is 8.07. The van der Waals surface area contributed by atoms with Crippen molar-refractivity contribution >= 4 is 18.8 Å². The van der Waals surface area contributed by atoms with Gasteiger partial charge in [0.1, 0.15) is 0 Å². The number of hydrogen-bond acceptors (Lipinski definition) is 5. The van der Waals surface area contributed by atoms with Crippen LogP contribution in [0.4, 0.5) is 0 Å². The van der Waals surface area contributed by atoms with Crippen LogP contribution in [0.15, 0.2) is 0 Å². The molecule has 0 aliphatic heterocycles. The van der Waals surface area contributed by atoms with Crippen molar-refractivity contribution < 1.29 is 23.5 Å². The molecule has 0 aliphatic rings. The highest BCUT2D eigenvalue weighted by Gasteiger charge is 2.31. The summed E-state index contributed by atoms with van der Waals surface area (Å²) in [4.78, 5) is 24.2. The van der Waals surface area contributed by atoms with Gasteiger partial charge in [0.15, 0.2) is 0 Å². The lowest BCUT2D eigenvalue weighted by Crippen LogP contribution is -2.39. The van der Waals surface area contributed by atoms with E-state index in [2.05, 4.69) is 9.15 Å². The van der Waals surface area contributed by atoms with E-state index < -0.39 is 18.8 Å². The molecule has 0 aromatic rings. The molecule has 0 fully saturated rings. The Labute approximate surface area is 49.9 Å². The lowest BCUT2D eigenvalue weighted by Gasteiger charge is -2.06. The van der Waals surface area contributed by atoms with Crippen LogP contribution in [0.5, 0.6) is 0 Å². The number of hydrogen-bond donors (Lipinski definition) is 3. The zero-order chi connectivity index (χ0) is 6.62. The van der Waals surface area contributed by atoms with E-state index in [1.165, 1.54) is 0 Å². The third kappa shape index (κ3) is 6.23. The minimum absolute atomic E-state index is 0.833. The zero-order valence-electron chi connectivity index (χ0n) is 4.37. The van der Waals surface area contributed by atoms with Gasteiger partial charge >= 0.3 is 9.05 Å². The standard InChI is InChI=1S/CH8O5Si2/c1-7-5-6-8(2,3)4/h2-4H,7H2,1H3. The molecule has 0 aromatic heterocycles. The van der Waals surface area contributed by atoms with Crippen LogP contribution in [-0.2, 0) is 9.15 Å². The average molecular weight is 156 g/mol. The topological polar surface area (TPSA) is 79.2 Å². The van der Waals surface area contributed by atoms with Crippen molar-refractivity contribution in [1.82, 2.24) is 0 Å². The van der Waals surface area contributed by atoms with Crippen molar-refractivity contribution in [3.05, 3.63) is 0 Å². The molecule has 0 spiro atoms. The fourth-order valence-corrected chi connectivity index (χ4v) is 1.24. The first-order chi connectivity index (χ1) is 3.56. The molecular weight excluding hydrogens is 148 g/mol. The van der Waals surface area contributed by atoms with E-state index in [9.17, 15) is 0 Å². The van der Waals surface area contributed by atoms with E-state index in [1.54, 1.807) is 6.55 Å². The molecular formula is CH8O5Si2. The van der Waals surface area contributed by atoms with E-state index in [4.69, 9.17) is 14.4 Å². The smallest absolute Gasteiger partial charge is 0.366 e. The van der Waals surface area contributed by atoms with Crippen molar-refractivity contribution in [2.24, 2.45) is 0 Å². The molecule has 0 radical (unpaired) electrons. The zero-order valence-corrected chi connectivity index (χ0v) is 6.78. The number of rotatable bonds is 3. The minimum atomic E-state index is -4.37. The highest BCUT2D eigenvalue weighted by molar-refractivity contribution is 6.48. The Morgan fingerprint density at radius 3 is 2.00 bits per heavy atom. The third-order valence-electron chi connectivity index (χ3n) is 0.289. The van der Waals surface area contributed by atoms with Crippen molar-refractivity contribution in [3.63, 3.8) is 0 Å². The first-order valence-corrected chi connectivity index (χ1v) is 5.78. The van der Waals surface area contributed by atoms with Gasteiger partial charge in [0.25, 0.3) is 0 Å². The van der Waals surface area contributed by atoms with Gasteiger partial charge in [0.2, 0.25) is 9.76 Å². The highest BCUT2D eigenvalue weighted by atomic mass is 28.4. The molecule has 0 unspecified atom stereocenters. The molecule has 0 atom stereocenters. The average Bonchev–Trinajstić information content (AvgIpc) is 1.59. The van der Waals surface area contributed by atoms with Crippen molar-refractivity contribution in [1.29, 1.82) is 0 Å². The van der Waals surface area contributed by atoms with E-state index in [0.717, 1.165) is 0 Å². The first kappa shape index (κ1) is 8.23. The monoisotopic (exact) mass is 156 g/mol. The molecule has 3 N–H and O–H groups in total. The van der Waals surface area contributed by atoms with E-state index in [-0.39, 0.29) is 0 Å². The molecule has 8 heavy (non-hydrogen) atoms. The van der Waals surface area contributed by atoms with Crippen LogP contribution in [-0.4, -0.2) is 33.2 Å². The van der Waals surface area contributed by atoms with Crippen molar-refractivity contribution in [2.45, 2.75) is 6.55 Å². The summed E-state index contributed by atoms with van der Waals surface area (Å²) in [6, 6.07) is 0. The van der Waals surface area contributed by atoms with Crippen molar-refractivity contribution in [3.8, 4) is 0 Å². The molecule has 5 nitrogen and oxygen atoms in total. The summed E-state index contributed by atoms with van der Waals surface area (Å²) in [5.41, 5.74) is 0. The van der Waals surface area contributed by atoms with Gasteiger partial charge in [-0.2, -0.15) is 0 Å². The quantitative estimate of drug-likeness (QED) is 0.239. The highest BCUT2D eigenvalue weighted by Crippen LogP contribution is 1.87. The Morgan fingerprint density at radius 2 is 1.88 bits per heavy atom. The second kappa shape index (κ2) is 3.30. The summed E-state index contributed by atoms with van der Waals surface area (Å²) in [6.45, 7) is 1.72. The van der Waals surface area contributed by atoms with Crippen molar-refractivity contribution in [2.75, 3.05) is 0 Å². The Morgan fingerprint density at radius 1 is 1.38 bits per heavy atom. The summed E-state index contributed by atoms with van der Waals surface area (Å²) >= 11 is 0. The molecule has 0 amide bonds. The van der Waals surface area contributed by atoms with Crippen LogP contribution in [0.2, 0.25) is 6.55 Å². The van der Waals surface area contributed by atoms with Gasteiger partial charge in [-0.1, -0.05) is 0 Å². The molecule has 0 saturated heterocycles. The Kier molecular flexibility index (Phi) is 3.39. The Bertz CT molecular complexity index is 57.9. The van der Waals surface area contributed by atoms with E-state index >= 15 is 0 Å². The van der Waals surface area contributed by atoms with Crippen LogP contribution in [0, 0.1) is 0 Å². The molecule has 50 valence electrons. The second-order valence-electron chi connectivity index (χ2n) is 1.06. The second-order valence-corrected chi connectivity index (χ2v) is 3.19. The summed E-state index contributed by atoms with van der Waals surface area (Å²) in [7, 11) is -5.20. The molecule has 0 rings (SSSR count). The fourth-order valence-electron chi connectivity index (χ4n) is 0.138. The summed E-state index contributed by atoms with van der Waals surface area (Å²) < 4.78 is 7.89. The molecule has 0 saturated carbocycles. The van der Waals surface area contributed by atoms with Crippen LogP contribution in [0.3, 0.4) is 0 Å². The van der Waals surface area contributed by atoms with Crippen LogP contribution >= 0.6 is 0 Å². The SMILES string of the molecule is C[SiH2]OO[Si](O)(O)O. The summed E-state index contributed by atoms with van der Waals surface area (Å²) in [5, 5.41) is 0. The van der Waals surface area contributed by atoms with Gasteiger partial charge in [-0.3, -0.25) is 4.58 Å². The molecule has 0 heterocycles. The first-order valence-electron chi connectivity index (χ1n) is 2.04. The maximum Gasteiger partial charge on any atom is 0.698 e. The lowest BCUT2D eigenvalue weighted by atomic mass is 11.9. The molecule has 0 aliphatic carbocycles. The van der Waals surface area contributed by atoms with Gasteiger partial charge in [-0.05, 0) is 6.55 Å². The molecule has 0 bridgehead atoms. The lowest BCUT2D eigenvalue weighted by molar-refractivity contribution is -0.177. The predicted octanol–water partition coefficient (Wildman–Crippen LogP) is -2.52. The van der Waals surface area contributed by atoms with Gasteiger partial charge in [-0.25, -0.2) is 4.58 Å². The van der Waals surface area contributed by atoms with Gasteiger partial charge in [0, 0.05) is 0 Å². The largest absolute Gasteiger partial charge is 0.698 e. The third-order valence-corrected chi connectivity index (χ3v) is 1.22. The van der Waals surface area contributed by atoms with Gasteiger partial charge < -0.3 is 14.4 Å². The molecule has 7 heteroatoms. The van der Waals surface area contributed by atoms with Crippen LogP contribution in [0.1, 0.15) is 0 Å². The summed E-state index contributed by atoms with van der Waals surface area (Å²) in [5.74, 6) is 0. The molecule has 0 aromatic carbocycles. The fraction of sp³-hybridized carbons (Fsp3) is 1.00. The Balaban J connectivity index is 3.11. The Hall–Kier alpha value is 0.234. The van der Waals surface area contributed by atoms with Crippen LogP contribution in [0.25, 0.3) is 0 Å². The van der Waals surface area contributed by atoms with Crippen LogP contribution < -0.4 is 0 Å². The van der Waals surface area contributed by atoms with E-state index in [0.29, 0.717) is 0 Å². The van der Waals surface area contributed by atoms with Gasteiger partial charge in [0.05, 0.1) is 0 Å².